The van der Waals surface area contributed by atoms with Gasteiger partial charge in [-0.15, -0.1) is 0 Å². The van der Waals surface area contributed by atoms with Gasteiger partial charge in [0.25, 0.3) is 0 Å². The summed E-state index contributed by atoms with van der Waals surface area (Å²) in [5, 5.41) is 2.36. The van der Waals surface area contributed by atoms with E-state index in [0.29, 0.717) is 18.4 Å². The second-order valence-corrected chi connectivity index (χ2v) is 13.5. The van der Waals surface area contributed by atoms with Crippen molar-refractivity contribution in [1.82, 2.24) is 9.55 Å². The van der Waals surface area contributed by atoms with E-state index < -0.39 is 0 Å². The van der Waals surface area contributed by atoms with Crippen molar-refractivity contribution in [1.29, 1.82) is 0 Å². The van der Waals surface area contributed by atoms with E-state index in [-0.39, 0.29) is 11.5 Å². The minimum atomic E-state index is 0.00526. The zero-order valence-corrected chi connectivity index (χ0v) is 26.8. The molecule has 1 atom stereocenters. The number of rotatable bonds is 6. The van der Waals surface area contributed by atoms with Gasteiger partial charge in [-0.05, 0) is 89.5 Å². The monoisotopic (exact) mass is 593 g/mol. The zero-order chi connectivity index (χ0) is 31.3. The molecule has 5 nitrogen and oxygen atoms in total. The van der Waals surface area contributed by atoms with Crippen LogP contribution in [0.3, 0.4) is 0 Å². The van der Waals surface area contributed by atoms with Gasteiger partial charge in [-0.25, -0.2) is 9.98 Å². The van der Waals surface area contributed by atoms with Crippen LogP contribution >= 0.6 is 0 Å². The smallest absolute Gasteiger partial charge is 0.216 e. The van der Waals surface area contributed by atoms with Gasteiger partial charge >= 0.3 is 0 Å². The Balaban J connectivity index is 1.36. The Bertz CT molecular complexity index is 2070. The minimum absolute atomic E-state index is 0.00526. The van der Waals surface area contributed by atoms with Crippen molar-refractivity contribution in [2.75, 3.05) is 6.61 Å². The molecule has 0 fully saturated rings. The van der Waals surface area contributed by atoms with E-state index in [9.17, 15) is 0 Å². The molecule has 0 amide bonds. The van der Waals surface area contributed by atoms with Crippen molar-refractivity contribution in [2.45, 2.75) is 53.0 Å². The van der Waals surface area contributed by atoms with E-state index in [1.54, 1.807) is 0 Å². The summed E-state index contributed by atoms with van der Waals surface area (Å²) in [7, 11) is 0. The second-order valence-electron chi connectivity index (χ2n) is 13.5. The topological polar surface area (TPSA) is 48.6 Å². The van der Waals surface area contributed by atoms with Crippen LogP contribution in [0.4, 0.5) is 0 Å². The van der Waals surface area contributed by atoms with Crippen LogP contribution in [0.2, 0.25) is 0 Å². The number of nitrogens with zero attached hydrogens (tertiary/aromatic N) is 3. The number of hydrogen-bond acceptors (Lipinski definition) is 4. The molecule has 1 aliphatic heterocycles. The lowest BCUT2D eigenvalue weighted by Crippen LogP contribution is -2.13. The molecule has 45 heavy (non-hydrogen) atoms. The van der Waals surface area contributed by atoms with Gasteiger partial charge in [-0.2, -0.15) is 0 Å². The molecule has 226 valence electrons. The highest BCUT2D eigenvalue weighted by Crippen LogP contribution is 2.37. The highest BCUT2D eigenvalue weighted by molar-refractivity contribution is 6.09. The Morgan fingerprint density at radius 1 is 0.778 bits per heavy atom. The fraction of sp³-hybridized carbons (Fsp3) is 0.250. The van der Waals surface area contributed by atoms with Gasteiger partial charge in [0.05, 0.1) is 17.1 Å². The first-order chi connectivity index (χ1) is 21.6. The summed E-state index contributed by atoms with van der Waals surface area (Å²) >= 11 is 0. The summed E-state index contributed by atoms with van der Waals surface area (Å²) in [4.78, 5) is 9.76. The number of benzene rings is 4. The maximum atomic E-state index is 6.67. The van der Waals surface area contributed by atoms with E-state index >= 15 is 0 Å². The van der Waals surface area contributed by atoms with Crippen LogP contribution in [-0.2, 0) is 10.2 Å². The van der Waals surface area contributed by atoms with E-state index in [0.717, 1.165) is 50.4 Å². The number of hydrogen-bond donors (Lipinski definition) is 0. The summed E-state index contributed by atoms with van der Waals surface area (Å²) in [5.74, 6) is 3.47. The molecule has 6 aromatic rings. The first kappa shape index (κ1) is 28.8. The molecule has 7 rings (SSSR count). The number of pyridine rings is 1. The average Bonchev–Trinajstić information content (AvgIpc) is 3.65. The van der Waals surface area contributed by atoms with Gasteiger partial charge in [-0.1, -0.05) is 76.6 Å². The molecule has 0 unspecified atom stereocenters. The van der Waals surface area contributed by atoms with E-state index in [1.165, 1.54) is 16.5 Å². The van der Waals surface area contributed by atoms with Crippen molar-refractivity contribution in [3.05, 3.63) is 120 Å². The lowest BCUT2D eigenvalue weighted by molar-refractivity contribution is 0.292. The highest BCUT2D eigenvalue weighted by Gasteiger charge is 2.24. The fourth-order valence-corrected chi connectivity index (χ4v) is 6.04. The number of ether oxygens (including phenoxy) is 2. The van der Waals surface area contributed by atoms with Crippen molar-refractivity contribution < 1.29 is 9.47 Å². The molecule has 2 aromatic heterocycles. The Kier molecular flexibility index (Phi) is 7.20. The van der Waals surface area contributed by atoms with Crippen molar-refractivity contribution in [3.8, 4) is 28.4 Å². The van der Waals surface area contributed by atoms with Crippen LogP contribution in [0, 0.1) is 12.8 Å². The average molecular weight is 594 g/mol. The van der Waals surface area contributed by atoms with Gasteiger partial charge in [-0.3, -0.25) is 4.57 Å². The maximum Gasteiger partial charge on any atom is 0.216 e. The molecule has 0 bridgehead atoms. The van der Waals surface area contributed by atoms with Crippen molar-refractivity contribution >= 4 is 27.7 Å². The first-order valence-electron chi connectivity index (χ1n) is 15.7. The van der Waals surface area contributed by atoms with E-state index in [4.69, 9.17) is 19.5 Å². The third kappa shape index (κ3) is 5.59. The molecule has 4 aromatic carbocycles. The van der Waals surface area contributed by atoms with Crippen LogP contribution in [0.25, 0.3) is 38.8 Å². The SMILES string of the molecule is Cc1ccc2c(c1)c1ccc(Oc3cc(C4=N[C@H](C(C)C)CO4)cc(-c4ccccc4)c3)cc1n2-c1cc(C(C)(C)C)ccn1. The molecule has 0 saturated carbocycles. The van der Waals surface area contributed by atoms with Crippen LogP contribution in [0.5, 0.6) is 11.5 Å². The van der Waals surface area contributed by atoms with Crippen LogP contribution in [0.1, 0.15) is 51.3 Å². The van der Waals surface area contributed by atoms with Crippen LogP contribution < -0.4 is 4.74 Å². The normalized spacial score (nSPS) is 15.1. The molecular weight excluding hydrogens is 554 g/mol. The molecule has 3 heterocycles. The molecule has 0 saturated heterocycles. The number of fused-ring (bicyclic) bond motifs is 3. The second kappa shape index (κ2) is 11.2. The van der Waals surface area contributed by atoms with Gasteiger partial charge < -0.3 is 9.47 Å². The van der Waals surface area contributed by atoms with Crippen molar-refractivity contribution in [3.63, 3.8) is 0 Å². The Labute approximate surface area is 265 Å². The standard InChI is InChI=1S/C40H39N3O2/c1-25(2)35-24-44-39(42-35)29-19-28(27-10-8-7-9-11-27)20-32(21-29)45-31-13-14-33-34-18-26(3)12-15-36(34)43(37(33)23-31)38-22-30(16-17-41-38)40(4,5)6/h7-23,25,35H,24H2,1-6H3/t35-/m0/s1. The molecule has 0 radical (unpaired) electrons. The summed E-state index contributed by atoms with van der Waals surface area (Å²) in [5.41, 5.74) is 7.72. The van der Waals surface area contributed by atoms with Crippen LogP contribution in [0.15, 0.2) is 108 Å². The zero-order valence-electron chi connectivity index (χ0n) is 26.8. The largest absolute Gasteiger partial charge is 0.475 e. The highest BCUT2D eigenvalue weighted by atomic mass is 16.5. The number of aryl methyl sites for hydroxylation is 1. The lowest BCUT2D eigenvalue weighted by atomic mass is 9.88. The van der Waals surface area contributed by atoms with Gasteiger partial charge in [0, 0.05) is 28.6 Å². The third-order valence-corrected chi connectivity index (χ3v) is 8.67. The van der Waals surface area contributed by atoms with Gasteiger partial charge in [0.1, 0.15) is 23.9 Å². The predicted molar refractivity (Wildman–Crippen MR) is 185 cm³/mol. The summed E-state index contributed by atoms with van der Waals surface area (Å²) < 4.78 is 15.0. The molecule has 0 N–H and O–H groups in total. The molecule has 1 aliphatic rings. The van der Waals surface area contributed by atoms with E-state index in [2.05, 4.69) is 131 Å². The molecule has 5 heteroatoms. The third-order valence-electron chi connectivity index (χ3n) is 8.67. The Hall–Kier alpha value is -4.90. The molecule has 0 aliphatic carbocycles. The van der Waals surface area contributed by atoms with Gasteiger partial charge in [0.15, 0.2) is 0 Å². The quantitative estimate of drug-likeness (QED) is 0.193. The summed E-state index contributed by atoms with van der Waals surface area (Å²) in [6.07, 6.45) is 1.91. The minimum Gasteiger partial charge on any atom is -0.475 e. The predicted octanol–water partition coefficient (Wildman–Crippen LogP) is 10.0. The number of aliphatic imine (C=N–C) groups is 1. The Morgan fingerprint density at radius 2 is 1.58 bits per heavy atom. The molecule has 0 spiro atoms. The first-order valence-corrected chi connectivity index (χ1v) is 15.7. The fourth-order valence-electron chi connectivity index (χ4n) is 6.04. The molecular formula is C40H39N3O2. The summed E-state index contributed by atoms with van der Waals surface area (Å²) in [6.45, 7) is 13.8. The van der Waals surface area contributed by atoms with Gasteiger partial charge in [0.2, 0.25) is 5.90 Å². The van der Waals surface area contributed by atoms with Crippen molar-refractivity contribution in [2.24, 2.45) is 10.9 Å². The van der Waals surface area contributed by atoms with E-state index in [1.807, 2.05) is 18.3 Å². The van der Waals surface area contributed by atoms with Crippen LogP contribution in [-0.4, -0.2) is 28.1 Å². The summed E-state index contributed by atoms with van der Waals surface area (Å²) in [6, 6.07) is 34.1. The Morgan fingerprint density at radius 3 is 2.33 bits per heavy atom. The number of aromatic nitrogens is 2. The maximum absolute atomic E-state index is 6.67. The lowest BCUT2D eigenvalue weighted by Gasteiger charge is -2.20.